The number of aromatic amines is 1. The molecule has 1 aromatic heterocycles. The van der Waals surface area contributed by atoms with Gasteiger partial charge in [0.2, 0.25) is 0 Å². The van der Waals surface area contributed by atoms with E-state index >= 15 is 0 Å². The van der Waals surface area contributed by atoms with Crippen LogP contribution in [0.2, 0.25) is 0 Å². The minimum Gasteiger partial charge on any atom is -0.339 e. The van der Waals surface area contributed by atoms with Crippen LogP contribution in [0.25, 0.3) is 0 Å². The lowest BCUT2D eigenvalue weighted by Crippen LogP contribution is -2.30. The van der Waals surface area contributed by atoms with E-state index in [0.717, 1.165) is 24.1 Å². The molecule has 0 spiro atoms. The molecule has 1 aromatic rings. The summed E-state index contributed by atoms with van der Waals surface area (Å²) >= 11 is 0. The quantitative estimate of drug-likeness (QED) is 0.752. The maximum Gasteiger partial charge on any atom is 0.261 e. The first-order chi connectivity index (χ1) is 8.13. The SMILES string of the molecule is CCc1cc(C(=O)NCC#N)c(=O)[nH]c1CC. The predicted molar refractivity (Wildman–Crippen MR) is 63.8 cm³/mol. The molecule has 0 fully saturated rings. The summed E-state index contributed by atoms with van der Waals surface area (Å²) in [5, 5.41) is 10.7. The average Bonchev–Trinajstić information content (AvgIpc) is 2.35. The van der Waals surface area contributed by atoms with E-state index < -0.39 is 11.5 Å². The average molecular weight is 233 g/mol. The second kappa shape index (κ2) is 5.85. The zero-order chi connectivity index (χ0) is 12.8. The molecule has 1 amide bonds. The van der Waals surface area contributed by atoms with E-state index in [-0.39, 0.29) is 12.1 Å². The van der Waals surface area contributed by atoms with Gasteiger partial charge >= 0.3 is 0 Å². The molecule has 0 atom stereocenters. The van der Waals surface area contributed by atoms with Crippen molar-refractivity contribution in [1.29, 1.82) is 5.26 Å². The molecule has 0 aliphatic rings. The predicted octanol–water partition coefficient (Wildman–Crippen LogP) is 0.753. The smallest absolute Gasteiger partial charge is 0.261 e. The Bertz CT molecular complexity index is 511. The van der Waals surface area contributed by atoms with Crippen molar-refractivity contribution in [3.8, 4) is 6.07 Å². The Morgan fingerprint density at radius 1 is 1.47 bits per heavy atom. The number of rotatable bonds is 4. The lowest BCUT2D eigenvalue weighted by Gasteiger charge is -2.07. The van der Waals surface area contributed by atoms with Gasteiger partial charge in [-0.2, -0.15) is 5.26 Å². The van der Waals surface area contributed by atoms with Crippen molar-refractivity contribution >= 4 is 5.91 Å². The summed E-state index contributed by atoms with van der Waals surface area (Å²) < 4.78 is 0. The Balaban J connectivity index is 3.13. The maximum absolute atomic E-state index is 11.7. The van der Waals surface area contributed by atoms with Gasteiger partial charge < -0.3 is 10.3 Å². The minimum absolute atomic E-state index is 0.0642. The number of aryl methyl sites for hydroxylation is 2. The molecular formula is C12H15N3O2. The number of carbonyl (C=O) groups is 1. The van der Waals surface area contributed by atoms with E-state index in [1.807, 2.05) is 13.8 Å². The van der Waals surface area contributed by atoms with Crippen molar-refractivity contribution in [3.05, 3.63) is 33.2 Å². The van der Waals surface area contributed by atoms with E-state index in [1.165, 1.54) is 0 Å². The van der Waals surface area contributed by atoms with E-state index in [0.29, 0.717) is 0 Å². The van der Waals surface area contributed by atoms with Crippen LogP contribution >= 0.6 is 0 Å². The zero-order valence-electron chi connectivity index (χ0n) is 9.96. The lowest BCUT2D eigenvalue weighted by atomic mass is 10.1. The third kappa shape index (κ3) is 2.94. The second-order valence-corrected chi connectivity index (χ2v) is 3.56. The molecule has 5 heteroatoms. The Kier molecular flexibility index (Phi) is 4.46. The summed E-state index contributed by atoms with van der Waals surface area (Å²) in [4.78, 5) is 26.0. The van der Waals surface area contributed by atoms with Crippen molar-refractivity contribution in [2.24, 2.45) is 0 Å². The van der Waals surface area contributed by atoms with Crippen LogP contribution in [0.3, 0.4) is 0 Å². The fourth-order valence-electron chi connectivity index (χ4n) is 1.63. The number of hydrogen-bond donors (Lipinski definition) is 2. The molecule has 0 aromatic carbocycles. The number of nitriles is 1. The Morgan fingerprint density at radius 3 is 2.71 bits per heavy atom. The first-order valence-corrected chi connectivity index (χ1v) is 5.54. The van der Waals surface area contributed by atoms with Gasteiger partial charge in [-0.3, -0.25) is 9.59 Å². The second-order valence-electron chi connectivity index (χ2n) is 3.56. The molecule has 0 radical (unpaired) electrons. The fourth-order valence-corrected chi connectivity index (χ4v) is 1.63. The highest BCUT2D eigenvalue weighted by Gasteiger charge is 2.12. The highest BCUT2D eigenvalue weighted by molar-refractivity contribution is 5.94. The lowest BCUT2D eigenvalue weighted by molar-refractivity contribution is 0.0957. The zero-order valence-corrected chi connectivity index (χ0v) is 9.96. The molecular weight excluding hydrogens is 218 g/mol. The Labute approximate surface area is 99.5 Å². The highest BCUT2D eigenvalue weighted by atomic mass is 16.2. The molecule has 0 aliphatic heterocycles. The molecule has 0 bridgehead atoms. The van der Waals surface area contributed by atoms with Crippen molar-refractivity contribution < 1.29 is 4.79 Å². The topological polar surface area (TPSA) is 85.8 Å². The van der Waals surface area contributed by atoms with Gasteiger partial charge in [0.1, 0.15) is 12.1 Å². The van der Waals surface area contributed by atoms with Gasteiger partial charge in [-0.15, -0.1) is 0 Å². The number of aromatic nitrogens is 1. The van der Waals surface area contributed by atoms with Gasteiger partial charge in [-0.05, 0) is 24.5 Å². The molecule has 1 rings (SSSR count). The number of carbonyl (C=O) groups excluding carboxylic acids is 1. The minimum atomic E-state index is -0.509. The van der Waals surface area contributed by atoms with Gasteiger partial charge in [0, 0.05) is 5.69 Å². The third-order valence-electron chi connectivity index (χ3n) is 2.52. The van der Waals surface area contributed by atoms with Crippen LogP contribution in [0, 0.1) is 11.3 Å². The number of nitrogens with zero attached hydrogens (tertiary/aromatic N) is 1. The van der Waals surface area contributed by atoms with Crippen LogP contribution in [-0.4, -0.2) is 17.4 Å². The molecule has 0 aliphatic carbocycles. The summed E-state index contributed by atoms with van der Waals surface area (Å²) in [6.45, 7) is 3.80. The molecule has 0 saturated carbocycles. The van der Waals surface area contributed by atoms with Crippen molar-refractivity contribution in [2.75, 3.05) is 6.54 Å². The van der Waals surface area contributed by atoms with E-state index in [4.69, 9.17) is 5.26 Å². The van der Waals surface area contributed by atoms with Crippen molar-refractivity contribution in [3.63, 3.8) is 0 Å². The van der Waals surface area contributed by atoms with Gasteiger partial charge in [-0.25, -0.2) is 0 Å². The Hall–Kier alpha value is -2.09. The maximum atomic E-state index is 11.7. The van der Waals surface area contributed by atoms with Crippen molar-refractivity contribution in [2.45, 2.75) is 26.7 Å². The van der Waals surface area contributed by atoms with Crippen LogP contribution < -0.4 is 10.9 Å². The summed E-state index contributed by atoms with van der Waals surface area (Å²) in [6.07, 6.45) is 1.47. The van der Waals surface area contributed by atoms with Gasteiger partial charge in [0.25, 0.3) is 11.5 Å². The van der Waals surface area contributed by atoms with Crippen LogP contribution in [0.1, 0.15) is 35.5 Å². The van der Waals surface area contributed by atoms with Crippen LogP contribution in [0.5, 0.6) is 0 Å². The van der Waals surface area contributed by atoms with Gasteiger partial charge in [0.05, 0.1) is 6.07 Å². The van der Waals surface area contributed by atoms with Crippen LogP contribution in [-0.2, 0) is 12.8 Å². The van der Waals surface area contributed by atoms with Gasteiger partial charge in [-0.1, -0.05) is 13.8 Å². The number of nitrogens with one attached hydrogen (secondary N) is 2. The summed E-state index contributed by atoms with van der Waals surface area (Å²) in [5.74, 6) is -0.509. The van der Waals surface area contributed by atoms with E-state index in [1.54, 1.807) is 12.1 Å². The molecule has 90 valence electrons. The summed E-state index contributed by atoms with van der Waals surface area (Å²) in [6, 6.07) is 3.40. The van der Waals surface area contributed by atoms with Gasteiger partial charge in [0.15, 0.2) is 0 Å². The molecule has 17 heavy (non-hydrogen) atoms. The summed E-state index contributed by atoms with van der Waals surface area (Å²) in [5.41, 5.74) is 1.47. The molecule has 1 heterocycles. The normalized spacial score (nSPS) is 9.71. The van der Waals surface area contributed by atoms with Crippen LogP contribution in [0.15, 0.2) is 10.9 Å². The molecule has 0 saturated heterocycles. The van der Waals surface area contributed by atoms with Crippen LogP contribution in [0.4, 0.5) is 0 Å². The fraction of sp³-hybridized carbons (Fsp3) is 0.417. The number of pyridine rings is 1. The summed E-state index contributed by atoms with van der Waals surface area (Å²) in [7, 11) is 0. The monoisotopic (exact) mass is 233 g/mol. The molecule has 2 N–H and O–H groups in total. The number of amides is 1. The third-order valence-corrected chi connectivity index (χ3v) is 2.52. The molecule has 5 nitrogen and oxygen atoms in total. The first kappa shape index (κ1) is 13.0. The number of H-pyrrole nitrogens is 1. The highest BCUT2D eigenvalue weighted by Crippen LogP contribution is 2.07. The molecule has 0 unspecified atom stereocenters. The Morgan fingerprint density at radius 2 is 2.18 bits per heavy atom. The van der Waals surface area contributed by atoms with Crippen molar-refractivity contribution in [1.82, 2.24) is 10.3 Å². The largest absolute Gasteiger partial charge is 0.339 e. The standard InChI is InChI=1S/C12H15N3O2/c1-3-8-7-9(11(16)14-6-5-13)12(17)15-10(8)4-2/h7H,3-4,6H2,1-2H3,(H,14,16)(H,15,17). The van der Waals surface area contributed by atoms with E-state index in [9.17, 15) is 9.59 Å². The van der Waals surface area contributed by atoms with E-state index in [2.05, 4.69) is 10.3 Å². The first-order valence-electron chi connectivity index (χ1n) is 5.54. The number of hydrogen-bond acceptors (Lipinski definition) is 3.